The van der Waals surface area contributed by atoms with Gasteiger partial charge in [0.1, 0.15) is 5.75 Å². The lowest BCUT2D eigenvalue weighted by Gasteiger charge is -2.13. The number of ether oxygens (including phenoxy) is 1. The fourth-order valence-corrected chi connectivity index (χ4v) is 2.20. The molecule has 0 spiro atoms. The second-order valence-corrected chi connectivity index (χ2v) is 5.26. The van der Waals surface area contributed by atoms with Crippen molar-refractivity contribution in [3.8, 4) is 5.75 Å². The molecule has 8 heteroatoms. The van der Waals surface area contributed by atoms with E-state index in [1.165, 1.54) is 32.2 Å². The van der Waals surface area contributed by atoms with Crippen molar-refractivity contribution in [1.29, 1.82) is 0 Å². The van der Waals surface area contributed by atoms with Gasteiger partial charge in [0.15, 0.2) is 10.9 Å². The summed E-state index contributed by atoms with van der Waals surface area (Å²) in [6.07, 6.45) is 0. The molecule has 0 heterocycles. The lowest BCUT2D eigenvalue weighted by molar-refractivity contribution is -0.384. The molecular formula is C16H15N3O4S. The van der Waals surface area contributed by atoms with Crippen LogP contribution >= 0.6 is 12.2 Å². The summed E-state index contributed by atoms with van der Waals surface area (Å²) < 4.78 is 5.14. The summed E-state index contributed by atoms with van der Waals surface area (Å²) in [5.41, 5.74) is 1.74. The van der Waals surface area contributed by atoms with Gasteiger partial charge in [-0.3, -0.25) is 14.9 Å². The molecule has 0 aromatic heterocycles. The van der Waals surface area contributed by atoms with Crippen LogP contribution < -0.4 is 15.4 Å². The van der Waals surface area contributed by atoms with Gasteiger partial charge < -0.3 is 15.4 Å². The fourth-order valence-electron chi connectivity index (χ4n) is 1.97. The molecule has 0 aliphatic heterocycles. The molecule has 0 unspecified atom stereocenters. The Morgan fingerprint density at radius 2 is 1.83 bits per heavy atom. The van der Waals surface area contributed by atoms with Crippen molar-refractivity contribution in [3.05, 3.63) is 58.1 Å². The second-order valence-electron chi connectivity index (χ2n) is 4.85. The predicted octanol–water partition coefficient (Wildman–Crippen LogP) is 3.61. The van der Waals surface area contributed by atoms with E-state index in [0.717, 1.165) is 0 Å². The van der Waals surface area contributed by atoms with Crippen molar-refractivity contribution in [2.45, 2.75) is 6.92 Å². The number of rotatable bonds is 5. The van der Waals surface area contributed by atoms with Crippen molar-refractivity contribution in [1.82, 2.24) is 0 Å². The summed E-state index contributed by atoms with van der Waals surface area (Å²) >= 11 is 5.22. The SMILES string of the molecule is COc1cc([N+](=O)[O-])ccc1NC(=S)Nc1ccc(C(C)=O)cc1. The largest absolute Gasteiger partial charge is 0.494 e. The van der Waals surface area contributed by atoms with Gasteiger partial charge in [0.05, 0.1) is 23.8 Å². The first-order valence-electron chi connectivity index (χ1n) is 6.92. The van der Waals surface area contributed by atoms with Gasteiger partial charge in [0, 0.05) is 17.3 Å². The molecule has 2 N–H and O–H groups in total. The van der Waals surface area contributed by atoms with Crippen LogP contribution in [-0.2, 0) is 0 Å². The van der Waals surface area contributed by atoms with Crippen molar-refractivity contribution in [3.63, 3.8) is 0 Å². The second kappa shape index (κ2) is 7.51. The number of methoxy groups -OCH3 is 1. The summed E-state index contributed by atoms with van der Waals surface area (Å²) in [6, 6.07) is 11.0. The molecule has 0 radical (unpaired) electrons. The number of nitro groups is 1. The van der Waals surface area contributed by atoms with Gasteiger partial charge in [0.2, 0.25) is 0 Å². The standard InChI is InChI=1S/C16H15N3O4S/c1-10(20)11-3-5-12(6-4-11)17-16(24)18-14-8-7-13(19(21)22)9-15(14)23-2/h3-9H,1-2H3,(H2,17,18,24). The molecule has 0 saturated heterocycles. The number of benzene rings is 2. The van der Waals surface area contributed by atoms with Crippen LogP contribution in [0.25, 0.3) is 0 Å². The predicted molar refractivity (Wildman–Crippen MR) is 95.9 cm³/mol. The Labute approximate surface area is 143 Å². The summed E-state index contributed by atoms with van der Waals surface area (Å²) in [5.74, 6) is 0.290. The third-order valence-electron chi connectivity index (χ3n) is 3.19. The van der Waals surface area contributed by atoms with E-state index in [4.69, 9.17) is 17.0 Å². The number of Topliss-reactive ketones (excluding diaryl/α,β-unsaturated/α-hetero) is 1. The zero-order valence-electron chi connectivity index (χ0n) is 13.0. The molecule has 124 valence electrons. The number of nitro benzene ring substituents is 1. The van der Waals surface area contributed by atoms with Crippen LogP contribution in [0.5, 0.6) is 5.75 Å². The number of hydrogen-bond donors (Lipinski definition) is 2. The molecule has 0 atom stereocenters. The Balaban J connectivity index is 2.09. The molecule has 0 aliphatic carbocycles. The molecule has 0 fully saturated rings. The topological polar surface area (TPSA) is 93.5 Å². The first kappa shape index (κ1) is 17.4. The van der Waals surface area contributed by atoms with Crippen LogP contribution in [0.1, 0.15) is 17.3 Å². The van der Waals surface area contributed by atoms with Crippen LogP contribution in [0.15, 0.2) is 42.5 Å². The highest BCUT2D eigenvalue weighted by Gasteiger charge is 2.12. The first-order valence-corrected chi connectivity index (χ1v) is 7.33. The Kier molecular flexibility index (Phi) is 5.43. The monoisotopic (exact) mass is 345 g/mol. The minimum Gasteiger partial charge on any atom is -0.494 e. The normalized spacial score (nSPS) is 9.92. The number of non-ortho nitro benzene ring substituents is 1. The van der Waals surface area contributed by atoms with E-state index in [1.807, 2.05) is 0 Å². The Morgan fingerprint density at radius 1 is 1.17 bits per heavy atom. The molecular weight excluding hydrogens is 330 g/mol. The van der Waals surface area contributed by atoms with E-state index < -0.39 is 4.92 Å². The van der Waals surface area contributed by atoms with Crippen LogP contribution in [0, 0.1) is 10.1 Å². The maximum atomic E-state index is 11.2. The van der Waals surface area contributed by atoms with Gasteiger partial charge in [-0.05, 0) is 49.5 Å². The molecule has 2 aromatic rings. The lowest BCUT2D eigenvalue weighted by atomic mass is 10.1. The zero-order valence-corrected chi connectivity index (χ0v) is 13.8. The minimum atomic E-state index is -0.501. The van der Waals surface area contributed by atoms with Gasteiger partial charge >= 0.3 is 0 Å². The molecule has 2 aromatic carbocycles. The van der Waals surface area contributed by atoms with Crippen LogP contribution in [0.2, 0.25) is 0 Å². The Hall–Kier alpha value is -3.00. The number of ketones is 1. The smallest absolute Gasteiger partial charge is 0.273 e. The number of carbonyl (C=O) groups excluding carboxylic acids is 1. The fraction of sp³-hybridized carbons (Fsp3) is 0.125. The van der Waals surface area contributed by atoms with Crippen LogP contribution in [0.4, 0.5) is 17.1 Å². The van der Waals surface area contributed by atoms with Crippen LogP contribution in [-0.4, -0.2) is 22.9 Å². The first-order chi connectivity index (χ1) is 11.4. The van der Waals surface area contributed by atoms with Crippen LogP contribution in [0.3, 0.4) is 0 Å². The third-order valence-corrected chi connectivity index (χ3v) is 3.40. The average molecular weight is 345 g/mol. The Bertz CT molecular complexity index is 790. The van der Waals surface area contributed by atoms with Gasteiger partial charge in [-0.25, -0.2) is 0 Å². The number of carbonyl (C=O) groups is 1. The summed E-state index contributed by atoms with van der Waals surface area (Å²) in [6.45, 7) is 1.50. The summed E-state index contributed by atoms with van der Waals surface area (Å²) in [5, 5.41) is 17.0. The van der Waals surface area contributed by atoms with E-state index in [0.29, 0.717) is 22.7 Å². The number of hydrogen-bond acceptors (Lipinski definition) is 5. The molecule has 2 rings (SSSR count). The van der Waals surface area contributed by atoms with E-state index in [9.17, 15) is 14.9 Å². The van der Waals surface area contributed by atoms with Crippen molar-refractivity contribution >= 4 is 40.2 Å². The van der Waals surface area contributed by atoms with Gasteiger partial charge in [-0.1, -0.05) is 0 Å². The van der Waals surface area contributed by atoms with E-state index in [1.54, 1.807) is 24.3 Å². The molecule has 0 aliphatic rings. The Morgan fingerprint density at radius 3 is 2.38 bits per heavy atom. The maximum Gasteiger partial charge on any atom is 0.273 e. The summed E-state index contributed by atoms with van der Waals surface area (Å²) in [7, 11) is 1.42. The number of thiocarbonyl (C=S) groups is 1. The zero-order chi connectivity index (χ0) is 17.7. The number of nitrogens with zero attached hydrogens (tertiary/aromatic N) is 1. The van der Waals surface area contributed by atoms with Crippen molar-refractivity contribution in [2.24, 2.45) is 0 Å². The summed E-state index contributed by atoms with van der Waals surface area (Å²) in [4.78, 5) is 21.5. The van der Waals surface area contributed by atoms with Gasteiger partial charge in [-0.15, -0.1) is 0 Å². The molecule has 0 saturated carbocycles. The molecule has 0 amide bonds. The highest BCUT2D eigenvalue weighted by molar-refractivity contribution is 7.80. The van der Waals surface area contributed by atoms with Gasteiger partial charge in [0.25, 0.3) is 5.69 Å². The van der Waals surface area contributed by atoms with E-state index in [-0.39, 0.29) is 16.6 Å². The number of nitrogens with one attached hydrogen (secondary N) is 2. The highest BCUT2D eigenvalue weighted by Crippen LogP contribution is 2.29. The molecule has 7 nitrogen and oxygen atoms in total. The van der Waals surface area contributed by atoms with E-state index >= 15 is 0 Å². The van der Waals surface area contributed by atoms with E-state index in [2.05, 4.69) is 10.6 Å². The molecule has 24 heavy (non-hydrogen) atoms. The maximum absolute atomic E-state index is 11.2. The van der Waals surface area contributed by atoms with Crippen molar-refractivity contribution < 1.29 is 14.5 Å². The number of anilines is 2. The van der Waals surface area contributed by atoms with Gasteiger partial charge in [-0.2, -0.15) is 0 Å². The minimum absolute atomic E-state index is 0.0159. The lowest BCUT2D eigenvalue weighted by Crippen LogP contribution is -2.19. The molecule has 0 bridgehead atoms. The van der Waals surface area contributed by atoms with Crippen molar-refractivity contribution in [2.75, 3.05) is 17.7 Å². The highest BCUT2D eigenvalue weighted by atomic mass is 32.1. The quantitative estimate of drug-likeness (QED) is 0.370. The third kappa shape index (κ3) is 4.26. The average Bonchev–Trinajstić information content (AvgIpc) is 2.55.